The molecule has 0 bridgehead atoms. The minimum atomic E-state index is -3.75. The highest BCUT2D eigenvalue weighted by Crippen LogP contribution is 2.17. The van der Waals surface area contributed by atoms with E-state index < -0.39 is 21.9 Å². The predicted molar refractivity (Wildman–Crippen MR) is 81.4 cm³/mol. The molecule has 8 heteroatoms. The Morgan fingerprint density at radius 2 is 1.68 bits per heavy atom. The van der Waals surface area contributed by atoms with Gasteiger partial charge in [0.2, 0.25) is 15.9 Å². The molecule has 0 spiro atoms. The van der Waals surface area contributed by atoms with Gasteiger partial charge in [0.05, 0.1) is 11.3 Å². The molecule has 7 nitrogen and oxygen atoms in total. The van der Waals surface area contributed by atoms with Crippen molar-refractivity contribution in [2.24, 2.45) is 5.41 Å². The maximum absolute atomic E-state index is 11.8. The number of hydrogen-bond acceptors (Lipinski definition) is 4. The van der Waals surface area contributed by atoms with E-state index in [4.69, 9.17) is 5.11 Å². The highest BCUT2D eigenvalue weighted by molar-refractivity contribution is 7.88. The molecule has 0 unspecified atom stereocenters. The number of carboxylic acids is 1. The summed E-state index contributed by atoms with van der Waals surface area (Å²) in [6.07, 6.45) is 0.183. The number of carbonyl (C=O) groups excluding carboxylic acids is 1. The molecular formula is C14H20N2O5S. The second-order valence-corrected chi connectivity index (χ2v) is 7.87. The fraction of sp³-hybridized carbons (Fsp3) is 0.429. The molecule has 22 heavy (non-hydrogen) atoms. The number of rotatable bonds is 6. The normalized spacial score (nSPS) is 12.0. The maximum Gasteiger partial charge on any atom is 0.335 e. The van der Waals surface area contributed by atoms with E-state index in [9.17, 15) is 18.0 Å². The predicted octanol–water partition coefficient (Wildman–Crippen LogP) is 1.27. The van der Waals surface area contributed by atoms with E-state index in [1.165, 1.54) is 24.3 Å². The summed E-state index contributed by atoms with van der Waals surface area (Å²) >= 11 is 0. The van der Waals surface area contributed by atoms with Crippen molar-refractivity contribution in [3.8, 4) is 0 Å². The fourth-order valence-electron chi connectivity index (χ4n) is 1.66. The molecular weight excluding hydrogens is 308 g/mol. The van der Waals surface area contributed by atoms with Gasteiger partial charge in [0.15, 0.2) is 0 Å². The molecule has 1 rings (SSSR count). The summed E-state index contributed by atoms with van der Waals surface area (Å²) in [7, 11) is -3.75. The van der Waals surface area contributed by atoms with Crippen molar-refractivity contribution < 1.29 is 23.1 Å². The van der Waals surface area contributed by atoms with Gasteiger partial charge in [0.1, 0.15) is 0 Å². The number of carboxylic acid groups (broad SMARTS) is 1. The third kappa shape index (κ3) is 6.68. The lowest BCUT2D eigenvalue weighted by Crippen LogP contribution is -2.43. The van der Waals surface area contributed by atoms with Crippen LogP contribution >= 0.6 is 0 Å². The molecule has 0 heterocycles. The first-order valence-corrected chi connectivity index (χ1v) is 8.24. The number of hydrazine groups is 1. The number of hydrogen-bond donors (Lipinski definition) is 3. The smallest absolute Gasteiger partial charge is 0.335 e. The molecule has 0 saturated heterocycles. The molecule has 1 aromatic carbocycles. The summed E-state index contributed by atoms with van der Waals surface area (Å²) in [6.45, 7) is 5.60. The molecule has 0 aromatic heterocycles. The molecule has 0 atom stereocenters. The highest BCUT2D eigenvalue weighted by atomic mass is 32.2. The highest BCUT2D eigenvalue weighted by Gasteiger charge is 2.18. The summed E-state index contributed by atoms with van der Waals surface area (Å²) < 4.78 is 23.7. The quantitative estimate of drug-likeness (QED) is 0.681. The van der Waals surface area contributed by atoms with E-state index in [2.05, 4.69) is 5.43 Å². The lowest BCUT2D eigenvalue weighted by Gasteiger charge is -2.17. The van der Waals surface area contributed by atoms with E-state index in [1.807, 2.05) is 25.6 Å². The van der Waals surface area contributed by atoms with Crippen molar-refractivity contribution in [1.82, 2.24) is 10.3 Å². The average molecular weight is 328 g/mol. The number of nitrogens with one attached hydrogen (secondary N) is 2. The lowest BCUT2D eigenvalue weighted by molar-refractivity contribution is -0.123. The average Bonchev–Trinajstić information content (AvgIpc) is 2.35. The lowest BCUT2D eigenvalue weighted by atomic mass is 9.92. The van der Waals surface area contributed by atoms with E-state index in [1.54, 1.807) is 0 Å². The van der Waals surface area contributed by atoms with Gasteiger partial charge in [-0.1, -0.05) is 32.9 Å². The van der Waals surface area contributed by atoms with Gasteiger partial charge >= 0.3 is 5.97 Å². The zero-order valence-corrected chi connectivity index (χ0v) is 13.5. The van der Waals surface area contributed by atoms with E-state index in [-0.39, 0.29) is 23.2 Å². The Balaban J connectivity index is 2.60. The topological polar surface area (TPSA) is 113 Å². The minimum absolute atomic E-state index is 0.0765. The zero-order chi connectivity index (χ0) is 17.0. The van der Waals surface area contributed by atoms with E-state index in [0.29, 0.717) is 5.56 Å². The molecule has 0 fully saturated rings. The van der Waals surface area contributed by atoms with Gasteiger partial charge in [-0.25, -0.2) is 13.2 Å². The molecule has 3 N–H and O–H groups in total. The number of aromatic carboxylic acids is 1. The second-order valence-electron chi connectivity index (χ2n) is 6.15. The van der Waals surface area contributed by atoms with Gasteiger partial charge in [-0.05, 0) is 23.1 Å². The van der Waals surface area contributed by atoms with Crippen LogP contribution in [0.15, 0.2) is 24.3 Å². The zero-order valence-electron chi connectivity index (χ0n) is 12.7. The first-order chi connectivity index (χ1) is 9.98. The molecule has 122 valence electrons. The van der Waals surface area contributed by atoms with Crippen molar-refractivity contribution in [1.29, 1.82) is 0 Å². The Morgan fingerprint density at radius 3 is 2.14 bits per heavy atom. The molecule has 0 aliphatic rings. The van der Waals surface area contributed by atoms with Crippen molar-refractivity contribution >= 4 is 21.9 Å². The molecule has 0 radical (unpaired) electrons. The Bertz CT molecular complexity index is 645. The monoisotopic (exact) mass is 328 g/mol. The van der Waals surface area contributed by atoms with Crippen LogP contribution in [0, 0.1) is 5.41 Å². The second kappa shape index (κ2) is 6.89. The molecule has 0 aliphatic carbocycles. The Hall–Kier alpha value is -1.93. The summed E-state index contributed by atoms with van der Waals surface area (Å²) in [4.78, 5) is 24.3. The number of amides is 1. The van der Waals surface area contributed by atoms with Gasteiger partial charge in [0.25, 0.3) is 0 Å². The van der Waals surface area contributed by atoms with Crippen LogP contribution in [0.2, 0.25) is 0 Å². The number of benzene rings is 1. The van der Waals surface area contributed by atoms with Gasteiger partial charge in [-0.15, -0.1) is 4.83 Å². The van der Waals surface area contributed by atoms with Crippen molar-refractivity contribution in [2.45, 2.75) is 32.9 Å². The Kier molecular flexibility index (Phi) is 5.67. The molecule has 0 aliphatic heterocycles. The number of carbonyl (C=O) groups is 2. The third-order valence-electron chi connectivity index (χ3n) is 2.59. The van der Waals surface area contributed by atoms with Gasteiger partial charge in [0, 0.05) is 6.42 Å². The minimum Gasteiger partial charge on any atom is -0.478 e. The van der Waals surface area contributed by atoms with Crippen molar-refractivity contribution in [2.75, 3.05) is 0 Å². The van der Waals surface area contributed by atoms with Gasteiger partial charge in [-0.3, -0.25) is 10.2 Å². The molecule has 1 aromatic rings. The van der Waals surface area contributed by atoms with Crippen molar-refractivity contribution in [3.63, 3.8) is 0 Å². The van der Waals surface area contributed by atoms with Gasteiger partial charge in [-0.2, -0.15) is 0 Å². The number of sulfonamides is 1. The van der Waals surface area contributed by atoms with E-state index in [0.717, 1.165) is 0 Å². The first kappa shape index (κ1) is 18.1. The van der Waals surface area contributed by atoms with Crippen LogP contribution in [0.25, 0.3) is 0 Å². The Labute approximate surface area is 129 Å². The Morgan fingerprint density at radius 1 is 1.14 bits per heavy atom. The van der Waals surface area contributed by atoms with Crippen LogP contribution in [-0.4, -0.2) is 25.4 Å². The maximum atomic E-state index is 11.8. The standard InChI is InChI=1S/C14H20N2O5S/c1-14(2,3)8-12(17)15-16-22(20,21)9-10-4-6-11(7-5-10)13(18)19/h4-7,16H,8-9H2,1-3H3,(H,15,17)(H,18,19). The SMILES string of the molecule is CC(C)(C)CC(=O)NNS(=O)(=O)Cc1ccc(C(=O)O)cc1. The van der Waals surface area contributed by atoms with Gasteiger partial charge < -0.3 is 5.11 Å². The summed E-state index contributed by atoms with van der Waals surface area (Å²) in [5.74, 6) is -1.86. The van der Waals surface area contributed by atoms with Crippen LogP contribution in [0.4, 0.5) is 0 Å². The molecule has 1 amide bonds. The van der Waals surface area contributed by atoms with E-state index >= 15 is 0 Å². The van der Waals surface area contributed by atoms with Crippen LogP contribution in [-0.2, 0) is 20.6 Å². The molecule has 0 saturated carbocycles. The first-order valence-electron chi connectivity index (χ1n) is 6.59. The van der Waals surface area contributed by atoms with Crippen molar-refractivity contribution in [3.05, 3.63) is 35.4 Å². The third-order valence-corrected chi connectivity index (χ3v) is 3.72. The fourth-order valence-corrected chi connectivity index (χ4v) is 2.63. The van der Waals surface area contributed by atoms with Crippen LogP contribution in [0.1, 0.15) is 43.1 Å². The van der Waals surface area contributed by atoms with Crippen LogP contribution in [0.3, 0.4) is 0 Å². The summed E-state index contributed by atoms with van der Waals surface area (Å²) in [5, 5.41) is 8.77. The van der Waals surface area contributed by atoms with Crippen LogP contribution in [0.5, 0.6) is 0 Å². The largest absolute Gasteiger partial charge is 0.478 e. The van der Waals surface area contributed by atoms with Crippen LogP contribution < -0.4 is 10.3 Å². The summed E-state index contributed by atoms with van der Waals surface area (Å²) in [5.41, 5.74) is 2.41. The summed E-state index contributed by atoms with van der Waals surface area (Å²) in [6, 6.07) is 5.48.